The Balaban J connectivity index is 1.44. The third kappa shape index (κ3) is 4.55. The Bertz CT molecular complexity index is 1060. The molecule has 148 valence electrons. The molecule has 0 aliphatic heterocycles. The summed E-state index contributed by atoms with van der Waals surface area (Å²) in [6, 6.07) is 20.0. The highest BCUT2D eigenvalue weighted by molar-refractivity contribution is 5.74. The van der Waals surface area contributed by atoms with Crippen LogP contribution in [-0.4, -0.2) is 17.1 Å². The summed E-state index contributed by atoms with van der Waals surface area (Å²) in [5, 5.41) is 3.40. The molecule has 0 saturated heterocycles. The van der Waals surface area contributed by atoms with Crippen LogP contribution in [0, 0.1) is 5.82 Å². The molecule has 1 aromatic heterocycles. The van der Waals surface area contributed by atoms with Crippen LogP contribution in [0.1, 0.15) is 17.0 Å². The van der Waals surface area contributed by atoms with E-state index in [1.807, 2.05) is 42.5 Å². The zero-order valence-corrected chi connectivity index (χ0v) is 16.1. The zero-order chi connectivity index (χ0) is 20.1. The van der Waals surface area contributed by atoms with Gasteiger partial charge in [0.1, 0.15) is 18.2 Å². The van der Waals surface area contributed by atoms with E-state index >= 15 is 0 Å². The fourth-order valence-corrected chi connectivity index (χ4v) is 3.17. The largest absolute Gasteiger partial charge is 0.493 e. The third-order valence-corrected chi connectivity index (χ3v) is 4.62. The number of benzene rings is 3. The summed E-state index contributed by atoms with van der Waals surface area (Å²) in [5.41, 5.74) is 3.84. The minimum atomic E-state index is -0.262. The van der Waals surface area contributed by atoms with Crippen LogP contribution in [0.5, 0.6) is 11.5 Å². The van der Waals surface area contributed by atoms with Crippen LogP contribution >= 0.6 is 0 Å². The quantitative estimate of drug-likeness (QED) is 0.462. The van der Waals surface area contributed by atoms with Crippen molar-refractivity contribution in [2.24, 2.45) is 0 Å². The van der Waals surface area contributed by atoms with Gasteiger partial charge in [-0.15, -0.1) is 0 Å². The van der Waals surface area contributed by atoms with Crippen molar-refractivity contribution in [1.29, 1.82) is 0 Å². The second-order valence-corrected chi connectivity index (χ2v) is 6.67. The summed E-state index contributed by atoms with van der Waals surface area (Å²) in [6.45, 7) is 1.52. The lowest BCUT2D eigenvalue weighted by Gasteiger charge is -2.15. The third-order valence-electron chi connectivity index (χ3n) is 4.62. The normalized spacial score (nSPS) is 11.0. The number of nitrogens with zero attached hydrogens (tertiary/aromatic N) is 1. The highest BCUT2D eigenvalue weighted by atomic mass is 19.1. The van der Waals surface area contributed by atoms with E-state index < -0.39 is 0 Å². The lowest BCUT2D eigenvalue weighted by atomic mass is 10.1. The van der Waals surface area contributed by atoms with Crippen molar-refractivity contribution in [3.05, 3.63) is 89.5 Å². The van der Waals surface area contributed by atoms with Crippen LogP contribution in [0.4, 0.5) is 4.39 Å². The molecule has 0 aliphatic rings. The smallest absolute Gasteiger partial charge is 0.166 e. The van der Waals surface area contributed by atoms with E-state index in [1.54, 1.807) is 19.2 Å². The monoisotopic (exact) mass is 391 g/mol. The number of H-pyrrole nitrogens is 1. The summed E-state index contributed by atoms with van der Waals surface area (Å²) in [5.74, 6) is 1.95. The van der Waals surface area contributed by atoms with Gasteiger partial charge in [-0.05, 0) is 35.9 Å². The van der Waals surface area contributed by atoms with Crippen LogP contribution in [0.2, 0.25) is 0 Å². The molecular weight excluding hydrogens is 369 g/mol. The molecular formula is C23H22FN3O2. The van der Waals surface area contributed by atoms with Crippen molar-refractivity contribution >= 4 is 11.0 Å². The van der Waals surface area contributed by atoms with Gasteiger partial charge < -0.3 is 19.8 Å². The Morgan fingerprint density at radius 2 is 1.79 bits per heavy atom. The molecule has 5 nitrogen and oxygen atoms in total. The Hall–Kier alpha value is -3.38. The van der Waals surface area contributed by atoms with Gasteiger partial charge in [0.2, 0.25) is 0 Å². The maximum Gasteiger partial charge on any atom is 0.166 e. The Morgan fingerprint density at radius 1 is 0.966 bits per heavy atom. The minimum Gasteiger partial charge on any atom is -0.493 e. The number of methoxy groups -OCH3 is 1. The number of para-hydroxylation sites is 3. The molecule has 6 heteroatoms. The summed E-state index contributed by atoms with van der Waals surface area (Å²) in [4.78, 5) is 7.89. The molecule has 0 bridgehead atoms. The van der Waals surface area contributed by atoms with Crippen molar-refractivity contribution in [3.63, 3.8) is 0 Å². The predicted octanol–water partition coefficient (Wildman–Crippen LogP) is 4.58. The summed E-state index contributed by atoms with van der Waals surface area (Å²) >= 11 is 0. The van der Waals surface area contributed by atoms with Crippen molar-refractivity contribution in [1.82, 2.24) is 15.3 Å². The highest BCUT2D eigenvalue weighted by Gasteiger charge is 2.11. The van der Waals surface area contributed by atoms with Gasteiger partial charge in [0, 0.05) is 12.1 Å². The number of halogens is 1. The predicted molar refractivity (Wildman–Crippen MR) is 110 cm³/mol. The van der Waals surface area contributed by atoms with E-state index in [0.29, 0.717) is 31.2 Å². The van der Waals surface area contributed by atoms with E-state index in [-0.39, 0.29) is 5.82 Å². The number of rotatable bonds is 8. The molecule has 4 rings (SSSR count). The molecule has 0 aliphatic carbocycles. The number of hydrogen-bond acceptors (Lipinski definition) is 4. The first-order chi connectivity index (χ1) is 14.2. The number of nitrogens with one attached hydrogen (secondary N) is 2. The molecule has 0 radical (unpaired) electrons. The van der Waals surface area contributed by atoms with Crippen LogP contribution in [0.15, 0.2) is 66.7 Å². The molecule has 0 saturated carbocycles. The van der Waals surface area contributed by atoms with E-state index in [9.17, 15) is 4.39 Å². The molecule has 0 spiro atoms. The lowest BCUT2D eigenvalue weighted by Crippen LogP contribution is -2.15. The van der Waals surface area contributed by atoms with Crippen molar-refractivity contribution in [2.75, 3.05) is 7.11 Å². The Labute approximate surface area is 168 Å². The maximum atomic E-state index is 13.1. The van der Waals surface area contributed by atoms with E-state index in [2.05, 4.69) is 15.3 Å². The first kappa shape index (κ1) is 19.0. The van der Waals surface area contributed by atoms with Crippen LogP contribution < -0.4 is 14.8 Å². The number of aromatic amines is 1. The average Bonchev–Trinajstić information content (AvgIpc) is 3.16. The molecule has 0 atom stereocenters. The number of imidazole rings is 1. The summed E-state index contributed by atoms with van der Waals surface area (Å²) < 4.78 is 24.6. The van der Waals surface area contributed by atoms with Gasteiger partial charge in [0.25, 0.3) is 0 Å². The first-order valence-electron chi connectivity index (χ1n) is 9.40. The first-order valence-corrected chi connectivity index (χ1v) is 9.40. The lowest BCUT2D eigenvalue weighted by molar-refractivity contribution is 0.280. The second-order valence-electron chi connectivity index (χ2n) is 6.67. The van der Waals surface area contributed by atoms with Gasteiger partial charge in [-0.25, -0.2) is 9.37 Å². The van der Waals surface area contributed by atoms with Crippen molar-refractivity contribution in [2.45, 2.75) is 19.7 Å². The molecule has 0 amide bonds. The highest BCUT2D eigenvalue weighted by Crippen LogP contribution is 2.32. The fourth-order valence-electron chi connectivity index (χ4n) is 3.17. The average molecular weight is 391 g/mol. The van der Waals surface area contributed by atoms with Gasteiger partial charge in [0.05, 0.1) is 24.7 Å². The number of ether oxygens (including phenoxy) is 2. The molecule has 4 aromatic rings. The van der Waals surface area contributed by atoms with Gasteiger partial charge in [-0.1, -0.05) is 36.4 Å². The summed E-state index contributed by atoms with van der Waals surface area (Å²) in [6.07, 6.45) is 0. The fraction of sp³-hybridized carbons (Fsp3) is 0.174. The molecule has 29 heavy (non-hydrogen) atoms. The SMILES string of the molecule is COc1cccc(CNCc2nc3ccccc3[nH]2)c1OCc1ccc(F)cc1. The summed E-state index contributed by atoms with van der Waals surface area (Å²) in [7, 11) is 1.62. The van der Waals surface area contributed by atoms with Gasteiger partial charge >= 0.3 is 0 Å². The standard InChI is InChI=1S/C23H22FN3O2/c1-28-21-8-4-5-17(23(21)29-15-16-9-11-18(24)12-10-16)13-25-14-22-26-19-6-2-3-7-20(19)27-22/h2-12,25H,13-15H2,1H3,(H,26,27). The van der Waals surface area contributed by atoms with E-state index in [0.717, 1.165) is 28.0 Å². The van der Waals surface area contributed by atoms with Crippen LogP contribution in [0.25, 0.3) is 11.0 Å². The van der Waals surface area contributed by atoms with Crippen molar-refractivity contribution < 1.29 is 13.9 Å². The topological polar surface area (TPSA) is 59.2 Å². The Kier molecular flexibility index (Phi) is 5.72. The maximum absolute atomic E-state index is 13.1. The molecule has 0 fully saturated rings. The van der Waals surface area contributed by atoms with Crippen LogP contribution in [-0.2, 0) is 19.7 Å². The second kappa shape index (κ2) is 8.75. The molecule has 2 N–H and O–H groups in total. The molecule has 0 unspecified atom stereocenters. The molecule has 3 aromatic carbocycles. The van der Waals surface area contributed by atoms with E-state index in [4.69, 9.17) is 9.47 Å². The molecule has 1 heterocycles. The number of hydrogen-bond donors (Lipinski definition) is 2. The van der Waals surface area contributed by atoms with Crippen molar-refractivity contribution in [3.8, 4) is 11.5 Å². The van der Waals surface area contributed by atoms with Gasteiger partial charge in [0.15, 0.2) is 11.5 Å². The van der Waals surface area contributed by atoms with Gasteiger partial charge in [-0.2, -0.15) is 0 Å². The zero-order valence-electron chi connectivity index (χ0n) is 16.1. The van der Waals surface area contributed by atoms with Gasteiger partial charge in [-0.3, -0.25) is 0 Å². The van der Waals surface area contributed by atoms with E-state index in [1.165, 1.54) is 12.1 Å². The Morgan fingerprint density at radius 3 is 2.59 bits per heavy atom. The van der Waals surface area contributed by atoms with Crippen LogP contribution in [0.3, 0.4) is 0 Å². The number of aromatic nitrogens is 2. The minimum absolute atomic E-state index is 0.262. The number of fused-ring (bicyclic) bond motifs is 1.